The average molecular weight is 270 g/mol. The summed E-state index contributed by atoms with van der Waals surface area (Å²) >= 11 is 0. The van der Waals surface area contributed by atoms with Crippen LogP contribution in [0.15, 0.2) is 53.7 Å². The predicted molar refractivity (Wildman–Crippen MR) is 77.3 cm³/mol. The number of rotatable bonds is 6. The number of ether oxygens (including phenoxy) is 2. The topological polar surface area (TPSA) is 40.0 Å². The van der Waals surface area contributed by atoms with Crippen molar-refractivity contribution in [3.8, 4) is 11.5 Å². The summed E-state index contributed by atoms with van der Waals surface area (Å²) in [5, 5.41) is 3.83. The Kier molecular flexibility index (Phi) is 5.00. The number of benzene rings is 2. The van der Waals surface area contributed by atoms with Crippen molar-refractivity contribution in [2.45, 2.75) is 6.61 Å². The Bertz CT molecular complexity index is 581. The molecule has 1 radical (unpaired) electrons. The van der Waals surface area contributed by atoms with E-state index in [-0.39, 0.29) is 0 Å². The van der Waals surface area contributed by atoms with Gasteiger partial charge in [0.25, 0.3) is 0 Å². The molecular formula is C16H16NO3. The largest absolute Gasteiger partial charge is 0.497 e. The highest BCUT2D eigenvalue weighted by atomic mass is 16.6. The Hall–Kier alpha value is -2.49. The molecule has 0 aliphatic rings. The lowest BCUT2D eigenvalue weighted by Gasteiger charge is -2.06. The van der Waals surface area contributed by atoms with Crippen LogP contribution in [-0.4, -0.2) is 20.4 Å². The van der Waals surface area contributed by atoms with Crippen LogP contribution in [0.2, 0.25) is 0 Å². The molecule has 0 heterocycles. The van der Waals surface area contributed by atoms with Gasteiger partial charge in [-0.1, -0.05) is 35.5 Å². The third-order valence-corrected chi connectivity index (χ3v) is 2.72. The van der Waals surface area contributed by atoms with E-state index in [9.17, 15) is 0 Å². The van der Waals surface area contributed by atoms with Crippen LogP contribution >= 0.6 is 0 Å². The molecule has 0 fully saturated rings. The molecule has 2 aromatic rings. The molecular weight excluding hydrogens is 254 g/mol. The van der Waals surface area contributed by atoms with Crippen molar-refractivity contribution < 1.29 is 14.3 Å². The van der Waals surface area contributed by atoms with Gasteiger partial charge in [0.2, 0.25) is 0 Å². The van der Waals surface area contributed by atoms with E-state index in [2.05, 4.69) is 11.4 Å². The minimum atomic E-state index is 0.334. The summed E-state index contributed by atoms with van der Waals surface area (Å²) in [4.78, 5) is 5.23. The Morgan fingerprint density at radius 1 is 1.00 bits per heavy atom. The van der Waals surface area contributed by atoms with Gasteiger partial charge in [-0.15, -0.1) is 0 Å². The third kappa shape index (κ3) is 3.75. The van der Waals surface area contributed by atoms with Crippen LogP contribution in [0.5, 0.6) is 11.5 Å². The van der Waals surface area contributed by atoms with Crippen molar-refractivity contribution in [2.75, 3.05) is 14.2 Å². The molecule has 4 heteroatoms. The molecule has 0 N–H and O–H groups in total. The first kappa shape index (κ1) is 13.9. The van der Waals surface area contributed by atoms with Crippen LogP contribution < -0.4 is 9.47 Å². The highest BCUT2D eigenvalue weighted by Crippen LogP contribution is 2.18. The third-order valence-electron chi connectivity index (χ3n) is 2.72. The summed E-state index contributed by atoms with van der Waals surface area (Å²) in [5.41, 5.74) is 1.73. The summed E-state index contributed by atoms with van der Waals surface area (Å²) < 4.78 is 10.4. The predicted octanol–water partition coefficient (Wildman–Crippen LogP) is 3.13. The lowest BCUT2D eigenvalue weighted by atomic mass is 10.2. The van der Waals surface area contributed by atoms with Gasteiger partial charge in [-0.3, -0.25) is 0 Å². The SMILES string of the molecule is COc1cccc(/[C]=N\OCc2ccccc2OC)c1. The molecule has 0 aliphatic carbocycles. The van der Waals surface area contributed by atoms with Crippen molar-refractivity contribution in [3.63, 3.8) is 0 Å². The lowest BCUT2D eigenvalue weighted by Crippen LogP contribution is -1.93. The first-order valence-electron chi connectivity index (χ1n) is 6.17. The molecule has 0 atom stereocenters. The monoisotopic (exact) mass is 270 g/mol. The van der Waals surface area contributed by atoms with Gasteiger partial charge in [0, 0.05) is 11.1 Å². The fourth-order valence-electron chi connectivity index (χ4n) is 1.70. The fraction of sp³-hybridized carbons (Fsp3) is 0.188. The van der Waals surface area contributed by atoms with Gasteiger partial charge in [0.15, 0.2) is 0 Å². The number of nitrogens with zero attached hydrogens (tertiary/aromatic N) is 1. The number of hydrogen-bond acceptors (Lipinski definition) is 4. The van der Waals surface area contributed by atoms with Crippen molar-refractivity contribution in [1.29, 1.82) is 0 Å². The highest BCUT2D eigenvalue weighted by molar-refractivity contribution is 5.79. The second-order valence-corrected chi connectivity index (χ2v) is 4.02. The lowest BCUT2D eigenvalue weighted by molar-refractivity contribution is 0.130. The first-order valence-corrected chi connectivity index (χ1v) is 6.17. The van der Waals surface area contributed by atoms with Gasteiger partial charge in [-0.05, 0) is 18.2 Å². The Morgan fingerprint density at radius 2 is 1.85 bits per heavy atom. The van der Waals surface area contributed by atoms with Crippen LogP contribution in [0, 0.1) is 0 Å². The second-order valence-electron chi connectivity index (χ2n) is 4.02. The van der Waals surface area contributed by atoms with Crippen LogP contribution in [0.4, 0.5) is 0 Å². The van der Waals surface area contributed by atoms with E-state index in [1.54, 1.807) is 14.2 Å². The van der Waals surface area contributed by atoms with Crippen LogP contribution in [-0.2, 0) is 11.4 Å². The molecule has 0 aromatic heterocycles. The Morgan fingerprint density at radius 3 is 2.65 bits per heavy atom. The van der Waals surface area contributed by atoms with Gasteiger partial charge in [0.1, 0.15) is 24.3 Å². The molecule has 0 saturated heterocycles. The summed E-state index contributed by atoms with van der Waals surface area (Å²) in [6, 6.07) is 15.1. The average Bonchev–Trinajstić information content (AvgIpc) is 2.52. The molecule has 20 heavy (non-hydrogen) atoms. The maximum atomic E-state index is 5.23. The number of hydrogen-bond donors (Lipinski definition) is 0. The van der Waals surface area contributed by atoms with Gasteiger partial charge in [0.05, 0.1) is 14.2 Å². The zero-order valence-electron chi connectivity index (χ0n) is 11.5. The van der Waals surface area contributed by atoms with E-state index in [1.165, 1.54) is 0 Å². The summed E-state index contributed by atoms with van der Waals surface area (Å²) in [7, 11) is 3.25. The molecule has 0 spiro atoms. The Balaban J connectivity index is 1.93. The smallest absolute Gasteiger partial charge is 0.145 e. The minimum Gasteiger partial charge on any atom is -0.497 e. The molecule has 4 nitrogen and oxygen atoms in total. The quantitative estimate of drug-likeness (QED) is 0.598. The fourth-order valence-corrected chi connectivity index (χ4v) is 1.70. The van der Waals surface area contributed by atoms with E-state index in [0.29, 0.717) is 6.61 Å². The van der Waals surface area contributed by atoms with Gasteiger partial charge in [-0.2, -0.15) is 0 Å². The van der Waals surface area contributed by atoms with Crippen LogP contribution in [0.1, 0.15) is 11.1 Å². The molecule has 103 valence electrons. The number of para-hydroxylation sites is 1. The van der Waals surface area contributed by atoms with E-state index in [0.717, 1.165) is 22.6 Å². The van der Waals surface area contributed by atoms with Gasteiger partial charge >= 0.3 is 0 Å². The zero-order chi connectivity index (χ0) is 14.2. The van der Waals surface area contributed by atoms with E-state index >= 15 is 0 Å². The molecule has 0 bridgehead atoms. The minimum absolute atomic E-state index is 0.334. The van der Waals surface area contributed by atoms with Crippen LogP contribution in [0.3, 0.4) is 0 Å². The van der Waals surface area contributed by atoms with Crippen molar-refractivity contribution in [1.82, 2.24) is 0 Å². The molecule has 0 aliphatic heterocycles. The highest BCUT2D eigenvalue weighted by Gasteiger charge is 2.01. The first-order chi connectivity index (χ1) is 9.83. The Labute approximate surface area is 118 Å². The second kappa shape index (κ2) is 7.19. The van der Waals surface area contributed by atoms with Crippen molar-refractivity contribution in [2.24, 2.45) is 5.16 Å². The van der Waals surface area contributed by atoms with Crippen molar-refractivity contribution >= 4 is 6.21 Å². The normalized spacial score (nSPS) is 10.5. The number of methoxy groups -OCH3 is 2. The van der Waals surface area contributed by atoms with E-state index < -0.39 is 0 Å². The van der Waals surface area contributed by atoms with Gasteiger partial charge in [-0.25, -0.2) is 0 Å². The van der Waals surface area contributed by atoms with E-state index in [4.69, 9.17) is 14.3 Å². The molecule has 2 aromatic carbocycles. The maximum absolute atomic E-state index is 5.23. The summed E-state index contributed by atoms with van der Waals surface area (Å²) in [6.07, 6.45) is 2.81. The van der Waals surface area contributed by atoms with Gasteiger partial charge < -0.3 is 14.3 Å². The van der Waals surface area contributed by atoms with Crippen molar-refractivity contribution in [3.05, 3.63) is 59.7 Å². The molecule has 0 saturated carbocycles. The molecule has 0 amide bonds. The molecule has 0 unspecified atom stereocenters. The molecule has 2 rings (SSSR count). The summed E-state index contributed by atoms with van der Waals surface area (Å²) in [6.45, 7) is 0.334. The van der Waals surface area contributed by atoms with Crippen LogP contribution in [0.25, 0.3) is 0 Å². The standard InChI is InChI=1S/C16H16NO3/c1-18-15-8-5-6-13(10-15)11-17-20-12-14-7-3-4-9-16(14)19-2/h3-10H,12H2,1-2H3. The summed E-state index contributed by atoms with van der Waals surface area (Å²) in [5.74, 6) is 1.54. The van der Waals surface area contributed by atoms with E-state index in [1.807, 2.05) is 48.5 Å². The zero-order valence-corrected chi connectivity index (χ0v) is 11.5. The maximum Gasteiger partial charge on any atom is 0.145 e.